The lowest BCUT2D eigenvalue weighted by Gasteiger charge is -2.15. The fourth-order valence-corrected chi connectivity index (χ4v) is 3.70. The predicted molar refractivity (Wildman–Crippen MR) is 87.3 cm³/mol. The Morgan fingerprint density at radius 2 is 1.83 bits per heavy atom. The van der Waals surface area contributed by atoms with E-state index in [1.54, 1.807) is 0 Å². The highest BCUT2D eigenvalue weighted by molar-refractivity contribution is 7.89. The number of nitrogens with zero attached hydrogens (tertiary/aromatic N) is 3. The maximum absolute atomic E-state index is 12.4. The van der Waals surface area contributed by atoms with Crippen LogP contribution in [0.1, 0.15) is 6.42 Å². The van der Waals surface area contributed by atoms with E-state index in [9.17, 15) is 18.3 Å². The van der Waals surface area contributed by atoms with E-state index in [2.05, 4.69) is 14.9 Å². The van der Waals surface area contributed by atoms with E-state index >= 15 is 0 Å². The molecule has 0 aliphatic heterocycles. The van der Waals surface area contributed by atoms with Crippen LogP contribution in [0.4, 0.5) is 5.69 Å². The lowest BCUT2D eigenvalue weighted by molar-refractivity contribution is -0.139. The monoisotopic (exact) mass is 393 g/mol. The Morgan fingerprint density at radius 1 is 1.29 bits per heavy atom. The Bertz CT molecular complexity index is 818. The molecular formula is C12H13Cl2N5O4S. The Morgan fingerprint density at radius 3 is 2.33 bits per heavy atom. The Labute approximate surface area is 147 Å². The molecule has 12 heteroatoms. The molecule has 0 aliphatic rings. The van der Waals surface area contributed by atoms with Crippen molar-refractivity contribution in [3.05, 3.63) is 34.6 Å². The van der Waals surface area contributed by atoms with Crippen LogP contribution < -0.4 is 10.5 Å². The van der Waals surface area contributed by atoms with Gasteiger partial charge in [0.1, 0.15) is 6.04 Å². The minimum absolute atomic E-state index is 0.0387. The van der Waals surface area contributed by atoms with Gasteiger partial charge in [-0.15, -0.1) is 0 Å². The molecule has 0 saturated heterocycles. The van der Waals surface area contributed by atoms with Gasteiger partial charge in [0, 0.05) is 0 Å². The highest BCUT2D eigenvalue weighted by Gasteiger charge is 2.26. The number of nitrogens with one attached hydrogen (secondary N) is 1. The van der Waals surface area contributed by atoms with Crippen LogP contribution in [-0.4, -0.2) is 40.5 Å². The van der Waals surface area contributed by atoms with Crippen LogP contribution in [0.2, 0.25) is 10.0 Å². The minimum Gasteiger partial charge on any atom is -0.480 e. The summed E-state index contributed by atoms with van der Waals surface area (Å²) in [6.45, 7) is 0.121. The zero-order chi connectivity index (χ0) is 17.9. The molecule has 2 rings (SSSR count). The molecule has 9 nitrogen and oxygen atoms in total. The quantitative estimate of drug-likeness (QED) is 0.595. The Hall–Kier alpha value is -1.88. The fourth-order valence-electron chi connectivity index (χ4n) is 1.81. The molecule has 130 valence electrons. The molecule has 0 amide bonds. The standard InChI is InChI=1S/C12H13Cl2N5O4S/c13-8-5-7(6-9(14)11(8)15)24(22,23)18-10(12(20)21)1-4-19-16-2-3-17-19/h2-3,5-6,10,18H,1,4,15H2,(H,20,21). The summed E-state index contributed by atoms with van der Waals surface area (Å²) in [6, 6.07) is 0.814. The molecule has 4 N–H and O–H groups in total. The van der Waals surface area contributed by atoms with Crippen LogP contribution in [0.3, 0.4) is 0 Å². The molecule has 2 aromatic rings. The van der Waals surface area contributed by atoms with Crippen LogP contribution >= 0.6 is 23.2 Å². The maximum atomic E-state index is 12.4. The van der Waals surface area contributed by atoms with E-state index in [0.29, 0.717) is 0 Å². The fraction of sp³-hybridized carbons (Fsp3) is 0.250. The first kappa shape index (κ1) is 18.5. The van der Waals surface area contributed by atoms with E-state index < -0.39 is 22.0 Å². The number of carboxylic acid groups (broad SMARTS) is 1. The van der Waals surface area contributed by atoms with E-state index in [1.807, 2.05) is 0 Å². The minimum atomic E-state index is -4.16. The molecule has 1 atom stereocenters. The number of nitrogens with two attached hydrogens (primary N) is 1. The lowest BCUT2D eigenvalue weighted by atomic mass is 10.2. The number of carbonyl (C=O) groups is 1. The molecule has 1 aromatic heterocycles. The molecule has 0 aliphatic carbocycles. The third-order valence-electron chi connectivity index (χ3n) is 3.04. The molecule has 0 bridgehead atoms. The second-order valence-corrected chi connectivity index (χ2v) is 7.25. The van der Waals surface area contributed by atoms with Crippen molar-refractivity contribution < 1.29 is 18.3 Å². The van der Waals surface area contributed by atoms with Crippen molar-refractivity contribution in [2.45, 2.75) is 23.9 Å². The van der Waals surface area contributed by atoms with Gasteiger partial charge in [-0.1, -0.05) is 23.2 Å². The van der Waals surface area contributed by atoms with Crippen molar-refractivity contribution in [2.24, 2.45) is 0 Å². The highest BCUT2D eigenvalue weighted by Crippen LogP contribution is 2.30. The number of nitrogen functional groups attached to an aromatic ring is 1. The van der Waals surface area contributed by atoms with Crippen LogP contribution in [0, 0.1) is 0 Å². The van der Waals surface area contributed by atoms with Crippen molar-refractivity contribution in [1.82, 2.24) is 19.7 Å². The van der Waals surface area contributed by atoms with Gasteiger partial charge in [-0.25, -0.2) is 8.42 Å². The molecule has 0 radical (unpaired) electrons. The maximum Gasteiger partial charge on any atom is 0.321 e. The third kappa shape index (κ3) is 4.35. The van der Waals surface area contributed by atoms with E-state index in [4.69, 9.17) is 28.9 Å². The first-order valence-electron chi connectivity index (χ1n) is 6.54. The molecule has 1 heterocycles. The number of aromatic nitrogens is 3. The number of carboxylic acids is 1. The largest absolute Gasteiger partial charge is 0.480 e. The molecule has 24 heavy (non-hydrogen) atoms. The first-order chi connectivity index (χ1) is 11.2. The number of benzene rings is 1. The van der Waals surface area contributed by atoms with Crippen LogP contribution in [-0.2, 0) is 21.4 Å². The number of aryl methyl sites for hydroxylation is 1. The van der Waals surface area contributed by atoms with Crippen molar-refractivity contribution in [3.8, 4) is 0 Å². The molecule has 1 unspecified atom stereocenters. The van der Waals surface area contributed by atoms with Crippen molar-refractivity contribution in [3.63, 3.8) is 0 Å². The average Bonchev–Trinajstić information content (AvgIpc) is 3.01. The lowest BCUT2D eigenvalue weighted by Crippen LogP contribution is -2.41. The van der Waals surface area contributed by atoms with Gasteiger partial charge in [0.25, 0.3) is 0 Å². The Kier molecular flexibility index (Phi) is 5.65. The van der Waals surface area contributed by atoms with Crippen LogP contribution in [0.5, 0.6) is 0 Å². The number of aliphatic carboxylic acids is 1. The summed E-state index contributed by atoms with van der Waals surface area (Å²) in [5.41, 5.74) is 5.59. The van der Waals surface area contributed by atoms with Crippen LogP contribution in [0.15, 0.2) is 29.4 Å². The molecule has 0 fully saturated rings. The first-order valence-corrected chi connectivity index (χ1v) is 8.78. The summed E-state index contributed by atoms with van der Waals surface area (Å²) < 4.78 is 26.8. The smallest absolute Gasteiger partial charge is 0.321 e. The van der Waals surface area contributed by atoms with E-state index in [0.717, 1.165) is 12.1 Å². The number of sulfonamides is 1. The van der Waals surface area contributed by atoms with Crippen molar-refractivity contribution >= 4 is 44.9 Å². The van der Waals surface area contributed by atoms with Crippen molar-refractivity contribution in [1.29, 1.82) is 0 Å². The normalized spacial score (nSPS) is 12.9. The summed E-state index contributed by atoms with van der Waals surface area (Å²) in [6.07, 6.45) is 2.80. The van der Waals surface area contributed by atoms with Gasteiger partial charge in [0.05, 0.1) is 39.6 Å². The predicted octanol–water partition coefficient (Wildman–Crippen LogP) is 0.989. The van der Waals surface area contributed by atoms with Gasteiger partial charge in [-0.05, 0) is 18.6 Å². The molecule has 1 aromatic carbocycles. The highest BCUT2D eigenvalue weighted by atomic mass is 35.5. The second kappa shape index (κ2) is 7.34. The SMILES string of the molecule is Nc1c(Cl)cc(S(=O)(=O)NC(CCn2nccn2)C(=O)O)cc1Cl. The van der Waals surface area contributed by atoms with Gasteiger partial charge < -0.3 is 10.8 Å². The number of rotatable bonds is 7. The van der Waals surface area contributed by atoms with Crippen LogP contribution in [0.25, 0.3) is 0 Å². The number of halogens is 2. The van der Waals surface area contributed by atoms with E-state index in [1.165, 1.54) is 17.2 Å². The summed E-state index contributed by atoms with van der Waals surface area (Å²) >= 11 is 11.6. The molecular weight excluding hydrogens is 381 g/mol. The number of anilines is 1. The zero-order valence-corrected chi connectivity index (χ0v) is 14.4. The summed E-state index contributed by atoms with van der Waals surface area (Å²) in [7, 11) is -4.16. The van der Waals surface area contributed by atoms with Gasteiger partial charge in [-0.3, -0.25) is 4.79 Å². The number of hydrogen-bond donors (Lipinski definition) is 3. The summed E-state index contributed by atoms with van der Waals surface area (Å²) in [4.78, 5) is 12.3. The average molecular weight is 394 g/mol. The van der Waals surface area contributed by atoms with E-state index in [-0.39, 0.29) is 33.6 Å². The Balaban J connectivity index is 2.19. The topological polar surface area (TPSA) is 140 Å². The molecule has 0 spiro atoms. The van der Waals surface area contributed by atoms with Gasteiger partial charge >= 0.3 is 5.97 Å². The number of hydrogen-bond acceptors (Lipinski definition) is 6. The van der Waals surface area contributed by atoms with Crippen molar-refractivity contribution in [2.75, 3.05) is 5.73 Å². The van der Waals surface area contributed by atoms with Gasteiger partial charge in [0.15, 0.2) is 0 Å². The summed E-state index contributed by atoms with van der Waals surface area (Å²) in [5.74, 6) is -1.33. The third-order valence-corrected chi connectivity index (χ3v) is 5.12. The zero-order valence-electron chi connectivity index (χ0n) is 12.1. The molecule has 0 saturated carbocycles. The second-order valence-electron chi connectivity index (χ2n) is 4.73. The van der Waals surface area contributed by atoms with Gasteiger partial charge in [0.2, 0.25) is 10.0 Å². The van der Waals surface area contributed by atoms with Gasteiger partial charge in [-0.2, -0.15) is 19.7 Å². The summed E-state index contributed by atoms with van der Waals surface area (Å²) in [5, 5.41) is 16.8.